The predicted octanol–water partition coefficient (Wildman–Crippen LogP) is 4.39. The van der Waals surface area contributed by atoms with Crippen LogP contribution in [0.3, 0.4) is 0 Å². The maximum absolute atomic E-state index is 13.0. The number of nitrogens with zero attached hydrogens (tertiary/aromatic N) is 4. The Labute approximate surface area is 216 Å². The Morgan fingerprint density at radius 2 is 1.89 bits per heavy atom. The van der Waals surface area contributed by atoms with Crippen LogP contribution in [-0.4, -0.2) is 52.2 Å². The number of hydrogen-bond acceptors (Lipinski definition) is 6. The highest BCUT2D eigenvalue weighted by atomic mass is 32.2. The van der Waals surface area contributed by atoms with E-state index < -0.39 is 10.0 Å². The van der Waals surface area contributed by atoms with Crippen LogP contribution >= 0.6 is 11.8 Å². The predicted molar refractivity (Wildman–Crippen MR) is 141 cm³/mol. The van der Waals surface area contributed by atoms with Gasteiger partial charge < -0.3 is 5.32 Å². The van der Waals surface area contributed by atoms with E-state index in [0.717, 1.165) is 30.7 Å². The number of carbonyl (C=O) groups excluding carboxylic acids is 1. The molecule has 1 N–H and O–H groups in total. The normalized spacial score (nSPS) is 19.4. The lowest BCUT2D eigenvalue weighted by Gasteiger charge is -2.34. The molecule has 1 aromatic heterocycles. The zero-order valence-electron chi connectivity index (χ0n) is 20.8. The number of carbonyl (C=O) groups is 1. The molecule has 0 bridgehead atoms. The molecule has 0 unspecified atom stereocenters. The minimum absolute atomic E-state index is 0.168. The molecule has 1 saturated heterocycles. The SMILES string of the molecule is C[C@@H]1CCCN(S(=O)(=O)c2ccc(NC(=O)CSc3nnc4n3C(C)(C)Cc3ccccc3-4)cc2)C1. The summed E-state index contributed by atoms with van der Waals surface area (Å²) in [6.07, 6.45) is 2.79. The third kappa shape index (κ3) is 4.81. The molecule has 0 aliphatic carbocycles. The van der Waals surface area contributed by atoms with E-state index in [-0.39, 0.29) is 22.1 Å². The Morgan fingerprint density at radius 3 is 2.64 bits per heavy atom. The summed E-state index contributed by atoms with van der Waals surface area (Å²) in [6.45, 7) is 7.48. The largest absolute Gasteiger partial charge is 0.325 e. The van der Waals surface area contributed by atoms with Gasteiger partial charge in [-0.05, 0) is 68.9 Å². The summed E-state index contributed by atoms with van der Waals surface area (Å²) in [4.78, 5) is 12.9. The molecule has 36 heavy (non-hydrogen) atoms. The highest BCUT2D eigenvalue weighted by Crippen LogP contribution is 2.39. The van der Waals surface area contributed by atoms with E-state index >= 15 is 0 Å². The van der Waals surface area contributed by atoms with Gasteiger partial charge in [-0.2, -0.15) is 4.31 Å². The Morgan fingerprint density at radius 1 is 1.14 bits per heavy atom. The van der Waals surface area contributed by atoms with Crippen LogP contribution in [0.15, 0.2) is 58.6 Å². The van der Waals surface area contributed by atoms with Crippen molar-refractivity contribution in [1.82, 2.24) is 19.1 Å². The highest BCUT2D eigenvalue weighted by Gasteiger charge is 2.34. The third-order valence-electron chi connectivity index (χ3n) is 6.85. The van der Waals surface area contributed by atoms with Gasteiger partial charge in [0.1, 0.15) is 0 Å². The minimum Gasteiger partial charge on any atom is -0.325 e. The van der Waals surface area contributed by atoms with Crippen molar-refractivity contribution in [3.05, 3.63) is 54.1 Å². The molecule has 1 atom stereocenters. The number of amides is 1. The number of anilines is 1. The number of thioether (sulfide) groups is 1. The summed E-state index contributed by atoms with van der Waals surface area (Å²) in [5.41, 5.74) is 2.68. The van der Waals surface area contributed by atoms with E-state index in [4.69, 9.17) is 0 Å². The molecule has 10 heteroatoms. The van der Waals surface area contributed by atoms with Crippen LogP contribution in [0.2, 0.25) is 0 Å². The van der Waals surface area contributed by atoms with Crippen molar-refractivity contribution >= 4 is 33.4 Å². The molecule has 8 nitrogen and oxygen atoms in total. The Bertz CT molecular complexity index is 1380. The number of aromatic nitrogens is 3. The van der Waals surface area contributed by atoms with Gasteiger partial charge in [0, 0.05) is 29.9 Å². The Kier molecular flexibility index (Phi) is 6.69. The van der Waals surface area contributed by atoms with Crippen LogP contribution in [0.5, 0.6) is 0 Å². The smallest absolute Gasteiger partial charge is 0.243 e. The monoisotopic (exact) mass is 525 g/mol. The van der Waals surface area contributed by atoms with Crippen molar-refractivity contribution in [1.29, 1.82) is 0 Å². The number of sulfonamides is 1. The van der Waals surface area contributed by atoms with Gasteiger partial charge in [-0.3, -0.25) is 9.36 Å². The lowest BCUT2D eigenvalue weighted by Crippen LogP contribution is -2.39. The zero-order valence-corrected chi connectivity index (χ0v) is 22.4. The van der Waals surface area contributed by atoms with Crippen LogP contribution < -0.4 is 5.32 Å². The average molecular weight is 526 g/mol. The summed E-state index contributed by atoms with van der Waals surface area (Å²) < 4.78 is 29.6. The van der Waals surface area contributed by atoms with Crippen LogP contribution in [0.1, 0.15) is 39.2 Å². The molecular weight excluding hydrogens is 494 g/mol. The first-order valence-corrected chi connectivity index (χ1v) is 14.6. The van der Waals surface area contributed by atoms with Crippen LogP contribution in [0.25, 0.3) is 11.4 Å². The average Bonchev–Trinajstić information content (AvgIpc) is 3.29. The first-order chi connectivity index (χ1) is 17.1. The molecule has 2 aliphatic rings. The van der Waals surface area contributed by atoms with Crippen LogP contribution in [0, 0.1) is 5.92 Å². The Hall–Kier alpha value is -2.69. The van der Waals surface area contributed by atoms with Crippen molar-refractivity contribution in [2.24, 2.45) is 5.92 Å². The van der Waals surface area contributed by atoms with Crippen molar-refractivity contribution < 1.29 is 13.2 Å². The number of nitrogens with one attached hydrogen (secondary N) is 1. The zero-order chi connectivity index (χ0) is 25.5. The van der Waals surface area contributed by atoms with Gasteiger partial charge in [0.2, 0.25) is 15.9 Å². The maximum atomic E-state index is 13.0. The van der Waals surface area contributed by atoms with Gasteiger partial charge in [-0.1, -0.05) is 43.0 Å². The number of fused-ring (bicyclic) bond motifs is 3. The number of rotatable bonds is 6. The molecule has 1 amide bonds. The lowest BCUT2D eigenvalue weighted by atomic mass is 9.87. The van der Waals surface area contributed by atoms with Gasteiger partial charge >= 0.3 is 0 Å². The first-order valence-electron chi connectivity index (χ1n) is 12.2. The Balaban J connectivity index is 1.24. The van der Waals surface area contributed by atoms with Gasteiger partial charge in [0.25, 0.3) is 0 Å². The number of hydrogen-bond donors (Lipinski definition) is 1. The molecule has 5 rings (SSSR count). The second-order valence-electron chi connectivity index (χ2n) is 10.3. The summed E-state index contributed by atoms with van der Waals surface area (Å²) in [6, 6.07) is 14.6. The number of benzene rings is 2. The molecule has 0 spiro atoms. The highest BCUT2D eigenvalue weighted by molar-refractivity contribution is 7.99. The van der Waals surface area contributed by atoms with E-state index in [9.17, 15) is 13.2 Å². The van der Waals surface area contributed by atoms with Gasteiger partial charge in [0.15, 0.2) is 11.0 Å². The van der Waals surface area contributed by atoms with Crippen LogP contribution in [0.4, 0.5) is 5.69 Å². The van der Waals surface area contributed by atoms with Crippen molar-refractivity contribution in [3.63, 3.8) is 0 Å². The van der Waals surface area contributed by atoms with Gasteiger partial charge in [-0.25, -0.2) is 8.42 Å². The topological polar surface area (TPSA) is 97.2 Å². The fraction of sp³-hybridized carbons (Fsp3) is 0.423. The maximum Gasteiger partial charge on any atom is 0.243 e. The standard InChI is InChI=1S/C26H31N5O3S2/c1-18-7-6-14-30(16-18)36(33,34)21-12-10-20(11-13-21)27-23(32)17-35-25-29-28-24-22-9-5-4-8-19(22)15-26(2,3)31(24)25/h4-5,8-13,18H,6-7,14-17H2,1-3H3,(H,27,32)/t18-/m1/s1. The molecule has 0 saturated carbocycles. The lowest BCUT2D eigenvalue weighted by molar-refractivity contribution is -0.113. The van der Waals surface area contributed by atoms with E-state index in [1.54, 1.807) is 28.6 Å². The molecule has 2 aliphatic heterocycles. The van der Waals surface area contributed by atoms with E-state index in [2.05, 4.69) is 53.0 Å². The summed E-state index contributed by atoms with van der Waals surface area (Å²) in [5, 5.41) is 12.4. The molecule has 3 aromatic rings. The number of piperidine rings is 1. The summed E-state index contributed by atoms with van der Waals surface area (Å²) in [5.74, 6) is 1.17. The molecule has 190 valence electrons. The second kappa shape index (κ2) is 9.64. The van der Waals surface area contributed by atoms with Gasteiger partial charge in [0.05, 0.1) is 10.6 Å². The molecule has 2 aromatic carbocycles. The van der Waals surface area contributed by atoms with Crippen molar-refractivity contribution in [2.45, 2.75) is 55.6 Å². The van der Waals surface area contributed by atoms with Crippen molar-refractivity contribution in [2.75, 3.05) is 24.2 Å². The minimum atomic E-state index is -3.52. The third-order valence-corrected chi connectivity index (χ3v) is 9.66. The quantitative estimate of drug-likeness (QED) is 0.480. The van der Waals surface area contributed by atoms with Crippen LogP contribution in [-0.2, 0) is 26.8 Å². The fourth-order valence-corrected chi connectivity index (χ4v) is 7.56. The second-order valence-corrected chi connectivity index (χ2v) is 13.1. The molecule has 1 fully saturated rings. The van der Waals surface area contributed by atoms with E-state index in [1.165, 1.54) is 17.3 Å². The van der Waals surface area contributed by atoms with E-state index in [1.807, 2.05) is 12.1 Å². The summed E-state index contributed by atoms with van der Waals surface area (Å²) in [7, 11) is -3.52. The molecule has 3 heterocycles. The van der Waals surface area contributed by atoms with Crippen molar-refractivity contribution in [3.8, 4) is 11.4 Å². The first kappa shape index (κ1) is 25.0. The fourth-order valence-electron chi connectivity index (χ4n) is 5.07. The molecule has 0 radical (unpaired) electrons. The summed E-state index contributed by atoms with van der Waals surface area (Å²) >= 11 is 1.35. The van der Waals surface area contributed by atoms with E-state index in [0.29, 0.717) is 29.9 Å². The molecular formula is C26H31N5O3S2. The van der Waals surface area contributed by atoms with Gasteiger partial charge in [-0.15, -0.1) is 10.2 Å².